The maximum absolute atomic E-state index is 11.3. The van der Waals surface area contributed by atoms with Crippen molar-refractivity contribution >= 4 is 18.9 Å². The molecule has 1 heterocycles. The van der Waals surface area contributed by atoms with E-state index >= 15 is 0 Å². The molecule has 1 saturated carbocycles. The van der Waals surface area contributed by atoms with E-state index in [1.165, 1.54) is 12.5 Å². The molecular formula is C15H19BN4O4. The van der Waals surface area contributed by atoms with Gasteiger partial charge in [0.15, 0.2) is 12.1 Å². The van der Waals surface area contributed by atoms with Crippen LogP contribution in [0.1, 0.15) is 54.3 Å². The fraction of sp³-hybridized carbons (Fsp3) is 0.467. The predicted molar refractivity (Wildman–Crippen MR) is 85.9 cm³/mol. The summed E-state index contributed by atoms with van der Waals surface area (Å²) in [5.74, 6) is 0.863. The lowest BCUT2D eigenvalue weighted by molar-refractivity contribution is 0.111. The van der Waals surface area contributed by atoms with E-state index in [0.717, 1.165) is 25.7 Å². The molecule has 9 heteroatoms. The van der Waals surface area contributed by atoms with Crippen LogP contribution >= 0.6 is 0 Å². The largest absolute Gasteiger partial charge is 0.489 e. The van der Waals surface area contributed by atoms with E-state index in [1.807, 2.05) is 0 Å². The standard InChI is InChI=1S/C15H19BN4O4/c21-9-12-13(16(22)23)7-4-8-14(12)24-10-15-17-18-19-20(15)11-5-2-1-3-6-11/h4,7-9,11,22-23H,1-3,5-6,10H2. The third kappa shape index (κ3) is 3.47. The second-order valence-corrected chi connectivity index (χ2v) is 5.87. The highest BCUT2D eigenvalue weighted by Gasteiger charge is 2.22. The van der Waals surface area contributed by atoms with Crippen LogP contribution in [0, 0.1) is 0 Å². The summed E-state index contributed by atoms with van der Waals surface area (Å²) in [6.45, 7) is 0.106. The van der Waals surface area contributed by atoms with Crippen LogP contribution in [0.25, 0.3) is 0 Å². The van der Waals surface area contributed by atoms with Crippen molar-refractivity contribution in [3.63, 3.8) is 0 Å². The van der Waals surface area contributed by atoms with Crippen molar-refractivity contribution in [2.75, 3.05) is 0 Å². The molecule has 126 valence electrons. The zero-order chi connectivity index (χ0) is 16.9. The Morgan fingerprint density at radius 1 is 1.29 bits per heavy atom. The normalized spacial score (nSPS) is 15.2. The monoisotopic (exact) mass is 330 g/mol. The zero-order valence-corrected chi connectivity index (χ0v) is 13.2. The molecule has 1 aliphatic rings. The van der Waals surface area contributed by atoms with Crippen LogP contribution in [-0.2, 0) is 6.61 Å². The van der Waals surface area contributed by atoms with Gasteiger partial charge in [-0.3, -0.25) is 4.79 Å². The molecule has 24 heavy (non-hydrogen) atoms. The molecule has 0 atom stereocenters. The van der Waals surface area contributed by atoms with Crippen LogP contribution in [0.15, 0.2) is 18.2 Å². The molecule has 1 aliphatic carbocycles. The molecule has 3 rings (SSSR count). The molecule has 0 amide bonds. The van der Waals surface area contributed by atoms with Crippen molar-refractivity contribution in [3.8, 4) is 5.75 Å². The van der Waals surface area contributed by atoms with Crippen molar-refractivity contribution < 1.29 is 19.6 Å². The summed E-state index contributed by atoms with van der Waals surface area (Å²) in [6, 6.07) is 4.95. The first kappa shape index (κ1) is 16.6. The Bertz CT molecular complexity index is 701. The zero-order valence-electron chi connectivity index (χ0n) is 13.2. The summed E-state index contributed by atoms with van der Waals surface area (Å²) in [4.78, 5) is 11.3. The average Bonchev–Trinajstić information content (AvgIpc) is 3.08. The molecule has 0 aliphatic heterocycles. The lowest BCUT2D eigenvalue weighted by Gasteiger charge is -2.22. The van der Waals surface area contributed by atoms with E-state index in [0.29, 0.717) is 12.1 Å². The van der Waals surface area contributed by atoms with Crippen LogP contribution in [0.3, 0.4) is 0 Å². The topological polar surface area (TPSA) is 110 Å². The molecule has 8 nitrogen and oxygen atoms in total. The number of rotatable bonds is 6. The second kappa shape index (κ2) is 7.54. The van der Waals surface area contributed by atoms with Crippen molar-refractivity contribution in [3.05, 3.63) is 29.6 Å². The fourth-order valence-corrected chi connectivity index (χ4v) is 3.10. The summed E-state index contributed by atoms with van der Waals surface area (Å²) in [6.07, 6.45) is 6.21. The number of benzene rings is 1. The number of nitrogens with zero attached hydrogens (tertiary/aromatic N) is 4. The number of ether oxygens (including phenoxy) is 1. The van der Waals surface area contributed by atoms with Crippen LogP contribution in [0.4, 0.5) is 0 Å². The Labute approximate surface area is 139 Å². The minimum atomic E-state index is -1.73. The molecule has 0 unspecified atom stereocenters. The number of aromatic nitrogens is 4. The van der Waals surface area contributed by atoms with E-state index < -0.39 is 7.12 Å². The Morgan fingerprint density at radius 2 is 2.08 bits per heavy atom. The summed E-state index contributed by atoms with van der Waals surface area (Å²) in [7, 11) is -1.73. The quantitative estimate of drug-likeness (QED) is 0.577. The highest BCUT2D eigenvalue weighted by Crippen LogP contribution is 2.28. The second-order valence-electron chi connectivity index (χ2n) is 5.87. The van der Waals surface area contributed by atoms with Crippen LogP contribution < -0.4 is 10.2 Å². The lowest BCUT2D eigenvalue weighted by atomic mass is 9.77. The van der Waals surface area contributed by atoms with Gasteiger partial charge in [0, 0.05) is 0 Å². The first-order chi connectivity index (χ1) is 11.7. The van der Waals surface area contributed by atoms with Gasteiger partial charge in [0.25, 0.3) is 0 Å². The van der Waals surface area contributed by atoms with E-state index in [2.05, 4.69) is 15.5 Å². The minimum Gasteiger partial charge on any atom is -0.485 e. The smallest absolute Gasteiger partial charge is 0.485 e. The van der Waals surface area contributed by atoms with Gasteiger partial charge in [0.05, 0.1) is 11.6 Å². The molecule has 1 fully saturated rings. The molecule has 1 aromatic heterocycles. The van der Waals surface area contributed by atoms with E-state index in [-0.39, 0.29) is 29.4 Å². The number of aldehydes is 1. The Morgan fingerprint density at radius 3 is 2.79 bits per heavy atom. The van der Waals surface area contributed by atoms with Gasteiger partial charge in [-0.2, -0.15) is 0 Å². The SMILES string of the molecule is O=Cc1c(OCc2nnnn2C2CCCCC2)cccc1B(O)O. The Kier molecular flexibility index (Phi) is 5.22. The van der Waals surface area contributed by atoms with Gasteiger partial charge < -0.3 is 14.8 Å². The Balaban J connectivity index is 1.76. The first-order valence-electron chi connectivity index (χ1n) is 8.04. The van der Waals surface area contributed by atoms with Gasteiger partial charge in [0.2, 0.25) is 0 Å². The molecule has 0 radical (unpaired) electrons. The number of carbonyl (C=O) groups excluding carboxylic acids is 1. The van der Waals surface area contributed by atoms with Gasteiger partial charge in [-0.25, -0.2) is 4.68 Å². The number of tetrazole rings is 1. The number of carbonyl (C=O) groups is 1. The number of hydrogen-bond donors (Lipinski definition) is 2. The first-order valence-corrected chi connectivity index (χ1v) is 8.04. The fourth-order valence-electron chi connectivity index (χ4n) is 3.10. The van der Waals surface area contributed by atoms with E-state index in [1.54, 1.807) is 16.8 Å². The van der Waals surface area contributed by atoms with Crippen LogP contribution in [0.5, 0.6) is 5.75 Å². The molecular weight excluding hydrogens is 311 g/mol. The summed E-state index contributed by atoms with van der Waals surface area (Å²) < 4.78 is 7.47. The minimum absolute atomic E-state index is 0.106. The molecule has 2 N–H and O–H groups in total. The molecule has 1 aromatic carbocycles. The summed E-state index contributed by atoms with van der Waals surface area (Å²) in [5, 5.41) is 30.5. The maximum Gasteiger partial charge on any atom is 0.489 e. The van der Waals surface area contributed by atoms with Crippen LogP contribution in [-0.4, -0.2) is 43.7 Å². The third-order valence-electron chi connectivity index (χ3n) is 4.33. The highest BCUT2D eigenvalue weighted by atomic mass is 16.5. The van der Waals surface area contributed by atoms with E-state index in [9.17, 15) is 14.8 Å². The third-order valence-corrected chi connectivity index (χ3v) is 4.33. The molecule has 2 aromatic rings. The molecule has 0 spiro atoms. The summed E-state index contributed by atoms with van der Waals surface area (Å²) >= 11 is 0. The van der Waals surface area contributed by atoms with Crippen molar-refractivity contribution in [2.24, 2.45) is 0 Å². The highest BCUT2D eigenvalue weighted by molar-refractivity contribution is 6.60. The predicted octanol–water partition coefficient (Wildman–Crippen LogP) is 0.250. The maximum atomic E-state index is 11.3. The number of hydrogen-bond acceptors (Lipinski definition) is 7. The lowest BCUT2D eigenvalue weighted by Crippen LogP contribution is -2.33. The molecule has 0 saturated heterocycles. The van der Waals surface area contributed by atoms with Gasteiger partial charge in [-0.1, -0.05) is 31.4 Å². The van der Waals surface area contributed by atoms with Gasteiger partial charge >= 0.3 is 7.12 Å². The van der Waals surface area contributed by atoms with Crippen molar-refractivity contribution in [1.29, 1.82) is 0 Å². The van der Waals surface area contributed by atoms with Gasteiger partial charge in [-0.15, -0.1) is 5.10 Å². The van der Waals surface area contributed by atoms with Gasteiger partial charge in [-0.05, 0) is 34.8 Å². The van der Waals surface area contributed by atoms with Crippen molar-refractivity contribution in [2.45, 2.75) is 44.8 Å². The summed E-state index contributed by atoms with van der Waals surface area (Å²) in [5.41, 5.74) is 0.221. The average molecular weight is 330 g/mol. The van der Waals surface area contributed by atoms with Crippen LogP contribution in [0.2, 0.25) is 0 Å². The van der Waals surface area contributed by atoms with Gasteiger partial charge in [0.1, 0.15) is 12.4 Å². The Hall–Kier alpha value is -2.26. The molecule has 0 bridgehead atoms. The van der Waals surface area contributed by atoms with Crippen molar-refractivity contribution in [1.82, 2.24) is 20.2 Å². The van der Waals surface area contributed by atoms with E-state index in [4.69, 9.17) is 4.74 Å².